The third-order valence-electron chi connectivity index (χ3n) is 5.02. The molecule has 0 amide bonds. The Morgan fingerprint density at radius 1 is 0.828 bits per heavy atom. The molecule has 0 spiro atoms. The minimum atomic E-state index is -3.32. The maximum Gasteiger partial charge on any atom is 0.339 e. The van der Waals surface area contributed by atoms with Crippen molar-refractivity contribution in [1.29, 1.82) is 0 Å². The van der Waals surface area contributed by atoms with E-state index in [0.29, 0.717) is 19.6 Å². The summed E-state index contributed by atoms with van der Waals surface area (Å²) in [7, 11) is -3.32. The molecule has 5 heteroatoms. The zero-order valence-electron chi connectivity index (χ0n) is 16.7. The van der Waals surface area contributed by atoms with Crippen LogP contribution in [0.5, 0.6) is 0 Å². The predicted molar refractivity (Wildman–Crippen MR) is 123 cm³/mol. The van der Waals surface area contributed by atoms with Crippen molar-refractivity contribution in [2.75, 3.05) is 13.2 Å². The zero-order chi connectivity index (χ0) is 20.3. The Morgan fingerprint density at radius 2 is 1.48 bits per heavy atom. The Kier molecular flexibility index (Phi) is 6.17. The minimum Gasteiger partial charge on any atom is -0.308 e. The smallest absolute Gasteiger partial charge is 0.308 e. The predicted octanol–water partition coefficient (Wildman–Crippen LogP) is 7.60. The van der Waals surface area contributed by atoms with Gasteiger partial charge in [-0.1, -0.05) is 60.7 Å². The number of thiophene rings is 1. The third-order valence-corrected chi connectivity index (χ3v) is 8.88. The number of hydrogen-bond acceptors (Lipinski definition) is 4. The summed E-state index contributed by atoms with van der Waals surface area (Å²) in [5.74, 6) is 0. The molecule has 0 aliphatic carbocycles. The third kappa shape index (κ3) is 4.31. The Labute approximate surface area is 175 Å². The van der Waals surface area contributed by atoms with Crippen LogP contribution in [-0.2, 0) is 20.0 Å². The lowest BCUT2D eigenvalue weighted by atomic mass is 10.0. The van der Waals surface area contributed by atoms with Crippen molar-refractivity contribution < 1.29 is 13.6 Å². The lowest BCUT2D eigenvalue weighted by molar-refractivity contribution is 0.212. The van der Waals surface area contributed by atoms with Gasteiger partial charge in [0.05, 0.1) is 18.9 Å². The van der Waals surface area contributed by atoms with Crippen molar-refractivity contribution in [3.63, 3.8) is 0 Å². The second kappa shape index (κ2) is 8.81. The Balaban J connectivity index is 1.78. The van der Waals surface area contributed by atoms with E-state index in [1.165, 1.54) is 15.5 Å². The number of rotatable bonds is 8. The van der Waals surface area contributed by atoms with Gasteiger partial charge in [-0.05, 0) is 54.1 Å². The van der Waals surface area contributed by atoms with Crippen LogP contribution in [0.4, 0.5) is 0 Å². The largest absolute Gasteiger partial charge is 0.339 e. The molecule has 3 aromatic carbocycles. The maximum absolute atomic E-state index is 13.8. The first kappa shape index (κ1) is 20.3. The fourth-order valence-corrected chi connectivity index (χ4v) is 7.27. The summed E-state index contributed by atoms with van der Waals surface area (Å²) in [6.07, 6.45) is 0.606. The van der Waals surface area contributed by atoms with Gasteiger partial charge in [0.1, 0.15) is 0 Å². The van der Waals surface area contributed by atoms with Crippen LogP contribution >= 0.6 is 18.9 Å². The molecular weight excluding hydrogens is 399 g/mol. The molecule has 29 heavy (non-hydrogen) atoms. The van der Waals surface area contributed by atoms with E-state index in [4.69, 9.17) is 9.05 Å². The fraction of sp³-hybridized carbons (Fsp3) is 0.250. The van der Waals surface area contributed by atoms with Crippen LogP contribution in [0.3, 0.4) is 0 Å². The minimum absolute atomic E-state index is 0.332. The summed E-state index contributed by atoms with van der Waals surface area (Å²) in [5.41, 5.74) is 0.798. The lowest BCUT2D eigenvalue weighted by Gasteiger charge is -2.26. The zero-order valence-corrected chi connectivity index (χ0v) is 18.4. The van der Waals surface area contributed by atoms with Gasteiger partial charge in [-0.3, -0.25) is 4.57 Å². The first-order valence-electron chi connectivity index (χ1n) is 9.98. The Bertz CT molecular complexity index is 1120. The second-order valence-electron chi connectivity index (χ2n) is 6.96. The second-order valence-corrected chi connectivity index (χ2v) is 10.3. The first-order chi connectivity index (χ1) is 14.1. The topological polar surface area (TPSA) is 35.5 Å². The van der Waals surface area contributed by atoms with E-state index in [1.54, 1.807) is 11.3 Å². The molecule has 0 saturated carbocycles. The summed E-state index contributed by atoms with van der Waals surface area (Å²) in [5, 5.41) is 3.55. The van der Waals surface area contributed by atoms with Crippen LogP contribution in [0.25, 0.3) is 20.9 Å². The molecule has 0 N–H and O–H groups in total. The highest BCUT2D eigenvalue weighted by Crippen LogP contribution is 2.63. The number of hydrogen-bond donors (Lipinski definition) is 0. The number of fused-ring (bicyclic) bond motifs is 2. The molecule has 1 heterocycles. The highest BCUT2D eigenvalue weighted by Gasteiger charge is 2.38. The highest BCUT2D eigenvalue weighted by atomic mass is 32.1. The van der Waals surface area contributed by atoms with Crippen molar-refractivity contribution in [3.8, 4) is 0 Å². The van der Waals surface area contributed by atoms with Crippen molar-refractivity contribution in [2.45, 2.75) is 25.9 Å². The van der Waals surface area contributed by atoms with E-state index in [2.05, 4.69) is 48.5 Å². The van der Waals surface area contributed by atoms with E-state index in [0.717, 1.165) is 15.8 Å². The molecule has 0 radical (unpaired) electrons. The van der Waals surface area contributed by atoms with Crippen LogP contribution in [0.2, 0.25) is 0 Å². The van der Waals surface area contributed by atoms with Gasteiger partial charge in [0.15, 0.2) is 0 Å². The highest BCUT2D eigenvalue weighted by molar-refractivity contribution is 7.54. The quantitative estimate of drug-likeness (QED) is 0.273. The van der Waals surface area contributed by atoms with Crippen LogP contribution in [0.15, 0.2) is 72.8 Å². The van der Waals surface area contributed by atoms with Crippen LogP contribution < -0.4 is 0 Å². The summed E-state index contributed by atoms with van der Waals surface area (Å²) in [6, 6.07) is 25.1. The molecule has 150 valence electrons. The van der Waals surface area contributed by atoms with E-state index in [9.17, 15) is 4.57 Å². The molecular formula is C24H25O3PS. The van der Waals surface area contributed by atoms with E-state index in [1.807, 2.05) is 38.1 Å². The molecule has 0 bridgehead atoms. The van der Waals surface area contributed by atoms with Gasteiger partial charge in [-0.25, -0.2) is 0 Å². The molecule has 0 aliphatic heterocycles. The van der Waals surface area contributed by atoms with Gasteiger partial charge in [0.2, 0.25) is 0 Å². The average Bonchev–Trinajstić information content (AvgIpc) is 3.16. The van der Waals surface area contributed by atoms with Gasteiger partial charge < -0.3 is 9.05 Å². The lowest BCUT2D eigenvalue weighted by Crippen LogP contribution is -2.08. The molecule has 1 aromatic heterocycles. The first-order valence-corrected chi connectivity index (χ1v) is 12.4. The van der Waals surface area contributed by atoms with Gasteiger partial charge in [-0.15, -0.1) is 11.3 Å². The normalized spacial score (nSPS) is 13.2. The van der Waals surface area contributed by atoms with E-state index >= 15 is 0 Å². The van der Waals surface area contributed by atoms with Gasteiger partial charge in [0.25, 0.3) is 0 Å². The molecule has 1 atom stereocenters. The summed E-state index contributed by atoms with van der Waals surface area (Å²) in [6.45, 7) is 4.44. The molecule has 1 unspecified atom stereocenters. The van der Waals surface area contributed by atoms with Crippen molar-refractivity contribution >= 4 is 39.8 Å². The van der Waals surface area contributed by atoms with Crippen LogP contribution in [0, 0.1) is 0 Å². The monoisotopic (exact) mass is 424 g/mol. The van der Waals surface area contributed by atoms with Gasteiger partial charge >= 0.3 is 7.60 Å². The van der Waals surface area contributed by atoms with Crippen molar-refractivity contribution in [3.05, 3.63) is 83.2 Å². The SMILES string of the molecule is CCOP(=O)(OCC)C(Cc1ccc2ccccc2c1)c1cc2ccccc2s1. The average molecular weight is 425 g/mol. The number of benzene rings is 3. The van der Waals surface area contributed by atoms with E-state index in [-0.39, 0.29) is 5.66 Å². The molecule has 3 nitrogen and oxygen atoms in total. The molecule has 0 saturated heterocycles. The molecule has 4 rings (SSSR count). The Morgan fingerprint density at radius 3 is 2.17 bits per heavy atom. The van der Waals surface area contributed by atoms with E-state index < -0.39 is 7.60 Å². The van der Waals surface area contributed by atoms with Crippen molar-refractivity contribution in [2.24, 2.45) is 0 Å². The fourth-order valence-electron chi connectivity index (χ4n) is 3.70. The maximum atomic E-state index is 13.8. The molecule has 4 aromatic rings. The van der Waals surface area contributed by atoms with Gasteiger partial charge in [0, 0.05) is 9.58 Å². The summed E-state index contributed by atoms with van der Waals surface area (Å²) < 4.78 is 26.6. The summed E-state index contributed by atoms with van der Waals surface area (Å²) in [4.78, 5) is 1.05. The summed E-state index contributed by atoms with van der Waals surface area (Å²) >= 11 is 1.67. The Hall–Kier alpha value is -1.97. The van der Waals surface area contributed by atoms with Crippen molar-refractivity contribution in [1.82, 2.24) is 0 Å². The van der Waals surface area contributed by atoms with Gasteiger partial charge in [-0.2, -0.15) is 0 Å². The van der Waals surface area contributed by atoms with Crippen LogP contribution in [-0.4, -0.2) is 13.2 Å². The molecule has 0 aliphatic rings. The van der Waals surface area contributed by atoms with Crippen LogP contribution in [0.1, 0.15) is 29.9 Å². The standard InChI is InChI=1S/C24H25O3PS/c1-3-26-28(25,27-4-2)22(24-17-21-11-7-8-12-23(21)29-24)16-18-13-14-19-9-5-6-10-20(19)15-18/h5-15,17,22H,3-4,16H2,1-2H3. The molecule has 0 fully saturated rings.